The van der Waals surface area contributed by atoms with Gasteiger partial charge in [-0.1, -0.05) is 6.07 Å². The molecular formula is C7H6BF4O6S-. The first kappa shape index (κ1) is 17.2. The highest BCUT2D eigenvalue weighted by Gasteiger charge is 2.21. The summed E-state index contributed by atoms with van der Waals surface area (Å²) in [4.78, 5) is 9.64. The maximum absolute atomic E-state index is 10.6. The third-order valence-electron chi connectivity index (χ3n) is 1.51. The molecule has 12 heteroatoms. The van der Waals surface area contributed by atoms with Crippen LogP contribution in [-0.4, -0.2) is 36.4 Å². The molecule has 0 heterocycles. The van der Waals surface area contributed by atoms with Crippen LogP contribution in [0.25, 0.3) is 0 Å². The number of carboxylic acid groups (broad SMARTS) is 1. The lowest BCUT2D eigenvalue weighted by Gasteiger charge is -2.03. The molecule has 6 nitrogen and oxygen atoms in total. The third kappa shape index (κ3) is 6.62. The quantitative estimate of drug-likeness (QED) is 0.435. The van der Waals surface area contributed by atoms with Gasteiger partial charge in [-0.15, -0.1) is 0 Å². The molecule has 0 saturated carbocycles. The Bertz CT molecular complexity index is 563. The summed E-state index contributed by atoms with van der Waals surface area (Å²) >= 11 is 0. The van der Waals surface area contributed by atoms with Gasteiger partial charge in [0.2, 0.25) is 0 Å². The number of para-hydroxylation sites is 1. The Balaban J connectivity index is 0.000000555. The predicted molar refractivity (Wildman–Crippen MR) is 55.1 cm³/mol. The van der Waals surface area contributed by atoms with Gasteiger partial charge in [0.1, 0.15) is 10.5 Å². The largest absolute Gasteiger partial charge is 0.673 e. The zero-order valence-electron chi connectivity index (χ0n) is 8.80. The number of aromatic hydroxyl groups is 1. The van der Waals surface area contributed by atoms with Gasteiger partial charge in [-0.05, 0) is 12.1 Å². The first-order valence-corrected chi connectivity index (χ1v) is 5.68. The summed E-state index contributed by atoms with van der Waals surface area (Å²) < 4.78 is 68.9. The van der Waals surface area contributed by atoms with Crippen LogP contribution in [-0.2, 0) is 10.1 Å². The molecule has 0 saturated heterocycles. The smallest absolute Gasteiger partial charge is 0.506 e. The number of benzene rings is 1. The molecule has 1 aromatic carbocycles. The van der Waals surface area contributed by atoms with Gasteiger partial charge >= 0.3 is 13.2 Å². The number of phenols is 1. The van der Waals surface area contributed by atoms with E-state index in [1.807, 2.05) is 0 Å². The molecule has 0 aliphatic rings. The van der Waals surface area contributed by atoms with Crippen molar-refractivity contribution in [1.29, 1.82) is 0 Å². The maximum atomic E-state index is 10.6. The number of halogens is 4. The Hall–Kier alpha value is -1.82. The van der Waals surface area contributed by atoms with Crippen LogP contribution in [0, 0.1) is 0 Å². The molecule has 0 aromatic heterocycles. The molecular weight excluding hydrogens is 299 g/mol. The van der Waals surface area contributed by atoms with Crippen LogP contribution in [0.4, 0.5) is 17.3 Å². The number of carbonyl (C=O) groups is 1. The lowest BCUT2D eigenvalue weighted by molar-refractivity contribution is 0.0693. The van der Waals surface area contributed by atoms with Crippen LogP contribution >= 0.6 is 0 Å². The standard InChI is InChI=1S/C7H6O6S.BF4/c8-6-4(7(9)10)2-1-3-5(6)14(11,12)13;2-1(3,4)5/h1-3,8H,(H,9,10)(H,11,12,13);/q;-1. The van der Waals surface area contributed by atoms with Crippen molar-refractivity contribution in [1.82, 2.24) is 0 Å². The average molecular weight is 305 g/mol. The number of aromatic carboxylic acids is 1. The first-order chi connectivity index (χ1) is 8.34. The number of rotatable bonds is 2. The Labute approximate surface area is 104 Å². The van der Waals surface area contributed by atoms with Crippen molar-refractivity contribution in [2.75, 3.05) is 0 Å². The first-order valence-electron chi connectivity index (χ1n) is 4.24. The molecule has 0 amide bonds. The van der Waals surface area contributed by atoms with Gasteiger partial charge in [-0.25, -0.2) is 4.79 Å². The summed E-state index contributed by atoms with van der Waals surface area (Å²) in [7, 11) is -10.6. The third-order valence-corrected chi connectivity index (χ3v) is 2.39. The maximum Gasteiger partial charge on any atom is 0.673 e. The predicted octanol–water partition coefficient (Wildman–Crippen LogP) is 1.64. The normalized spacial score (nSPS) is 11.4. The van der Waals surface area contributed by atoms with E-state index in [2.05, 4.69) is 0 Å². The minimum atomic E-state index is -6.00. The molecule has 0 fully saturated rings. The topological polar surface area (TPSA) is 112 Å². The summed E-state index contributed by atoms with van der Waals surface area (Å²) in [5, 5.41) is 17.7. The molecule has 1 rings (SSSR count). The van der Waals surface area contributed by atoms with Gasteiger partial charge < -0.3 is 27.5 Å². The summed E-state index contributed by atoms with van der Waals surface area (Å²) in [5.74, 6) is -2.45. The SMILES string of the molecule is F[B-](F)(F)F.O=C(O)c1cccc(S(=O)(=O)O)c1O. The van der Waals surface area contributed by atoms with Gasteiger partial charge in [-0.3, -0.25) is 4.55 Å². The summed E-state index contributed by atoms with van der Waals surface area (Å²) in [6, 6.07) is 3.02. The number of hydrogen-bond acceptors (Lipinski definition) is 4. The second-order valence-electron chi connectivity index (χ2n) is 2.93. The van der Waals surface area contributed by atoms with Crippen LogP contribution in [0.5, 0.6) is 5.75 Å². The van der Waals surface area contributed by atoms with Gasteiger partial charge in [0, 0.05) is 0 Å². The van der Waals surface area contributed by atoms with Crippen molar-refractivity contribution in [3.8, 4) is 5.75 Å². The summed E-state index contributed by atoms with van der Waals surface area (Å²) in [6.45, 7) is 0. The van der Waals surface area contributed by atoms with Gasteiger partial charge in [0.15, 0.2) is 5.75 Å². The van der Waals surface area contributed by atoms with Gasteiger partial charge in [0.25, 0.3) is 10.1 Å². The van der Waals surface area contributed by atoms with Crippen LogP contribution in [0.15, 0.2) is 23.1 Å². The highest BCUT2D eigenvalue weighted by atomic mass is 32.2. The van der Waals surface area contributed by atoms with Crippen LogP contribution in [0.3, 0.4) is 0 Å². The van der Waals surface area contributed by atoms with E-state index >= 15 is 0 Å². The van der Waals surface area contributed by atoms with E-state index in [0.717, 1.165) is 18.2 Å². The van der Waals surface area contributed by atoms with Crippen molar-refractivity contribution in [2.24, 2.45) is 0 Å². The second-order valence-corrected chi connectivity index (χ2v) is 4.32. The molecule has 0 aliphatic heterocycles. The van der Waals surface area contributed by atoms with E-state index in [-0.39, 0.29) is 0 Å². The fourth-order valence-electron chi connectivity index (χ4n) is 0.903. The van der Waals surface area contributed by atoms with Crippen LogP contribution in [0.2, 0.25) is 0 Å². The average Bonchev–Trinajstić information content (AvgIpc) is 2.12. The minimum Gasteiger partial charge on any atom is -0.506 e. The molecule has 0 unspecified atom stereocenters. The highest BCUT2D eigenvalue weighted by Crippen LogP contribution is 2.26. The fourth-order valence-corrected chi connectivity index (χ4v) is 1.51. The van der Waals surface area contributed by atoms with Crippen molar-refractivity contribution >= 4 is 23.3 Å². The lowest BCUT2D eigenvalue weighted by Crippen LogP contribution is -2.03. The number of hydrogen-bond donors (Lipinski definition) is 3. The molecule has 19 heavy (non-hydrogen) atoms. The molecule has 3 N–H and O–H groups in total. The number of carboxylic acids is 1. The second kappa shape index (κ2) is 5.88. The Morgan fingerprint density at radius 2 is 1.58 bits per heavy atom. The monoisotopic (exact) mass is 305 g/mol. The van der Waals surface area contributed by atoms with Crippen molar-refractivity contribution in [3.63, 3.8) is 0 Å². The molecule has 0 spiro atoms. The summed E-state index contributed by atoms with van der Waals surface area (Å²) in [6.07, 6.45) is 0. The zero-order valence-corrected chi connectivity index (χ0v) is 9.61. The van der Waals surface area contributed by atoms with E-state index in [1.54, 1.807) is 0 Å². The molecule has 0 radical (unpaired) electrons. The molecule has 108 valence electrons. The van der Waals surface area contributed by atoms with E-state index in [1.165, 1.54) is 0 Å². The molecule has 0 bridgehead atoms. The van der Waals surface area contributed by atoms with Crippen LogP contribution in [0.1, 0.15) is 10.4 Å². The van der Waals surface area contributed by atoms with Gasteiger partial charge in [0.05, 0.1) is 0 Å². The molecule has 0 atom stereocenters. The summed E-state index contributed by atoms with van der Waals surface area (Å²) in [5.41, 5.74) is -0.583. The van der Waals surface area contributed by atoms with Crippen molar-refractivity contribution in [2.45, 2.75) is 4.90 Å². The Kier molecular flexibility index (Phi) is 5.32. The highest BCUT2D eigenvalue weighted by molar-refractivity contribution is 7.86. The van der Waals surface area contributed by atoms with E-state index in [9.17, 15) is 35.6 Å². The fraction of sp³-hybridized carbons (Fsp3) is 0. The Morgan fingerprint density at radius 3 is 1.89 bits per heavy atom. The van der Waals surface area contributed by atoms with E-state index in [4.69, 9.17) is 9.66 Å². The zero-order chi connectivity index (χ0) is 15.4. The van der Waals surface area contributed by atoms with Crippen molar-refractivity contribution in [3.05, 3.63) is 23.8 Å². The van der Waals surface area contributed by atoms with Crippen molar-refractivity contribution < 1.29 is 45.2 Å². The molecule has 0 aliphatic carbocycles. The van der Waals surface area contributed by atoms with E-state index in [0.29, 0.717) is 0 Å². The minimum absolute atomic E-state index is 0.583. The lowest BCUT2D eigenvalue weighted by atomic mass is 10.2. The molecule has 1 aromatic rings. The van der Waals surface area contributed by atoms with Crippen LogP contribution < -0.4 is 0 Å². The Morgan fingerprint density at radius 1 is 1.16 bits per heavy atom. The van der Waals surface area contributed by atoms with E-state index < -0.39 is 39.6 Å². The van der Waals surface area contributed by atoms with Gasteiger partial charge in [-0.2, -0.15) is 8.42 Å².